The average molecular weight is 442 g/mol. The minimum absolute atomic E-state index is 0.298. The first kappa shape index (κ1) is 18.6. The number of nitrogens with zero attached hydrogens (tertiary/aromatic N) is 4. The van der Waals surface area contributed by atoms with Crippen molar-refractivity contribution in [3.63, 3.8) is 0 Å². The molecule has 0 spiro atoms. The molecule has 5 rings (SSSR count). The fraction of sp³-hybridized carbons (Fsp3) is 0.105. The van der Waals surface area contributed by atoms with E-state index in [9.17, 15) is 0 Å². The monoisotopic (exact) mass is 441 g/mol. The van der Waals surface area contributed by atoms with Gasteiger partial charge in [-0.2, -0.15) is 5.10 Å². The molecule has 0 aliphatic carbocycles. The smallest absolute Gasteiger partial charge is 0.181 e. The summed E-state index contributed by atoms with van der Waals surface area (Å²) in [4.78, 5) is 10.5. The summed E-state index contributed by atoms with van der Waals surface area (Å²) >= 11 is 9.14. The highest BCUT2D eigenvalue weighted by Crippen LogP contribution is 2.33. The van der Waals surface area contributed by atoms with Crippen LogP contribution in [0.3, 0.4) is 0 Å². The lowest BCUT2D eigenvalue weighted by atomic mass is 10.3. The lowest BCUT2D eigenvalue weighted by Gasteiger charge is -2.10. The number of rotatable bonds is 5. The number of aromatic nitrogens is 5. The van der Waals surface area contributed by atoms with Crippen LogP contribution in [-0.4, -0.2) is 30.6 Å². The van der Waals surface area contributed by atoms with Crippen LogP contribution in [0.1, 0.15) is 6.92 Å². The summed E-state index contributed by atoms with van der Waals surface area (Å²) in [6.45, 7) is 2.10. The van der Waals surface area contributed by atoms with Gasteiger partial charge in [-0.3, -0.25) is 14.2 Å². The third kappa shape index (κ3) is 3.86. The molecule has 0 bridgehead atoms. The van der Waals surface area contributed by atoms with E-state index in [4.69, 9.17) is 16.6 Å². The molecule has 1 aliphatic heterocycles. The van der Waals surface area contributed by atoms with Crippen LogP contribution in [0.2, 0.25) is 5.02 Å². The Labute approximate surface area is 180 Å². The van der Waals surface area contributed by atoms with Crippen molar-refractivity contribution in [3.05, 3.63) is 65.2 Å². The first-order valence-corrected chi connectivity index (χ1v) is 10.9. The number of hydrogen-bond acceptors (Lipinski definition) is 7. The Balaban J connectivity index is 1.59. The highest BCUT2D eigenvalue weighted by Gasteiger charge is 2.18. The number of H-pyrrole nitrogens is 1. The van der Waals surface area contributed by atoms with Gasteiger partial charge in [-0.05, 0) is 49.2 Å². The number of imidazole rings is 1. The number of aromatic amines is 1. The van der Waals surface area contributed by atoms with Crippen LogP contribution in [0.4, 0.5) is 5.82 Å². The van der Waals surface area contributed by atoms with Gasteiger partial charge in [0.2, 0.25) is 0 Å². The molecule has 1 atom stereocenters. The van der Waals surface area contributed by atoms with E-state index in [1.165, 1.54) is 0 Å². The zero-order chi connectivity index (χ0) is 19.8. The molecule has 1 aliphatic rings. The average Bonchev–Trinajstić information content (AvgIpc) is 3.44. The Morgan fingerprint density at radius 1 is 1.24 bits per heavy atom. The summed E-state index contributed by atoms with van der Waals surface area (Å²) in [6, 6.07) is 8.02. The van der Waals surface area contributed by atoms with Crippen molar-refractivity contribution in [1.29, 1.82) is 0 Å². The second-order valence-electron chi connectivity index (χ2n) is 6.47. The van der Waals surface area contributed by atoms with Crippen molar-refractivity contribution in [1.82, 2.24) is 29.3 Å². The van der Waals surface area contributed by atoms with Crippen LogP contribution >= 0.6 is 35.3 Å². The van der Waals surface area contributed by atoms with Crippen LogP contribution in [0.5, 0.6) is 0 Å². The van der Waals surface area contributed by atoms with Crippen molar-refractivity contribution in [2.75, 3.05) is 5.32 Å². The summed E-state index contributed by atoms with van der Waals surface area (Å²) in [5, 5.41) is 12.9. The van der Waals surface area contributed by atoms with Crippen LogP contribution < -0.4 is 10.0 Å². The lowest BCUT2D eigenvalue weighted by Crippen LogP contribution is -2.09. The summed E-state index contributed by atoms with van der Waals surface area (Å²) in [6.07, 6.45) is 9.59. The van der Waals surface area contributed by atoms with E-state index in [0.717, 1.165) is 31.9 Å². The molecule has 1 unspecified atom stereocenters. The maximum absolute atomic E-state index is 6.02. The molecule has 0 amide bonds. The summed E-state index contributed by atoms with van der Waals surface area (Å²) in [7, 11) is 0. The van der Waals surface area contributed by atoms with Crippen LogP contribution in [-0.2, 0) is 0 Å². The van der Waals surface area contributed by atoms with E-state index in [1.54, 1.807) is 29.9 Å². The maximum Gasteiger partial charge on any atom is 0.181 e. The zero-order valence-corrected chi connectivity index (χ0v) is 17.6. The number of anilines is 1. The number of benzene rings is 1. The Hall–Kier alpha value is -2.46. The molecule has 1 aromatic carbocycles. The fourth-order valence-electron chi connectivity index (χ4n) is 2.96. The molecule has 3 aromatic heterocycles. The molecule has 3 N–H and O–H groups in total. The van der Waals surface area contributed by atoms with Gasteiger partial charge < -0.3 is 5.32 Å². The molecule has 10 heteroatoms. The molecule has 29 heavy (non-hydrogen) atoms. The van der Waals surface area contributed by atoms with Crippen molar-refractivity contribution in [3.8, 4) is 11.3 Å². The van der Waals surface area contributed by atoms with Crippen molar-refractivity contribution in [2.24, 2.45) is 0 Å². The second kappa shape index (κ2) is 7.75. The topological polar surface area (TPSA) is 82.9 Å². The van der Waals surface area contributed by atoms with Gasteiger partial charge in [-0.1, -0.05) is 23.4 Å². The van der Waals surface area contributed by atoms with Crippen LogP contribution in [0.25, 0.3) is 16.9 Å². The lowest BCUT2D eigenvalue weighted by molar-refractivity contribution is 0.868. The second-order valence-corrected chi connectivity index (χ2v) is 8.88. The van der Waals surface area contributed by atoms with Gasteiger partial charge in [0.1, 0.15) is 5.03 Å². The van der Waals surface area contributed by atoms with Gasteiger partial charge in [0, 0.05) is 33.9 Å². The summed E-state index contributed by atoms with van der Waals surface area (Å²) in [5.41, 5.74) is 2.65. The molecular weight excluding hydrogens is 426 g/mol. The van der Waals surface area contributed by atoms with Gasteiger partial charge in [0.15, 0.2) is 11.5 Å². The van der Waals surface area contributed by atoms with Gasteiger partial charge in [-0.15, -0.1) is 0 Å². The Morgan fingerprint density at radius 3 is 2.83 bits per heavy atom. The first-order chi connectivity index (χ1) is 14.2. The quantitative estimate of drug-likeness (QED) is 0.383. The summed E-state index contributed by atoms with van der Waals surface area (Å²) < 4.78 is 5.34. The van der Waals surface area contributed by atoms with Gasteiger partial charge >= 0.3 is 0 Å². The van der Waals surface area contributed by atoms with E-state index in [-0.39, 0.29) is 0 Å². The predicted octanol–water partition coefficient (Wildman–Crippen LogP) is 4.82. The number of fused-ring (bicyclic) bond motifs is 1. The molecule has 0 saturated heterocycles. The van der Waals surface area contributed by atoms with E-state index in [2.05, 4.69) is 38.2 Å². The number of halogens is 1. The Bertz CT molecular complexity index is 1190. The first-order valence-electron chi connectivity index (χ1n) is 8.87. The summed E-state index contributed by atoms with van der Waals surface area (Å²) in [5.74, 6) is 0.702. The highest BCUT2D eigenvalue weighted by molar-refractivity contribution is 8.01. The Morgan fingerprint density at radius 2 is 2.10 bits per heavy atom. The number of nitrogens with one attached hydrogen (secondary N) is 3. The molecule has 4 aromatic rings. The molecule has 0 radical (unpaired) electrons. The highest BCUT2D eigenvalue weighted by atomic mass is 35.5. The minimum atomic E-state index is 0.298. The molecule has 146 valence electrons. The standard InChI is InChI=1S/C19H16ClN7S2/c1-11-6-16(29-26-11)24-18-19-21-9-15(12-7-22-23-8-12)27(19)10-17(25-18)28-14-4-2-13(20)3-5-14/h2-11,26H,1H3,(H,22,23)(H,24,25). The third-order valence-corrected chi connectivity index (χ3v) is 6.41. The zero-order valence-electron chi connectivity index (χ0n) is 15.3. The van der Waals surface area contributed by atoms with E-state index in [0.29, 0.717) is 16.9 Å². The van der Waals surface area contributed by atoms with Crippen molar-refractivity contribution in [2.45, 2.75) is 22.9 Å². The van der Waals surface area contributed by atoms with Gasteiger partial charge in [-0.25, -0.2) is 9.97 Å². The Kier molecular flexibility index (Phi) is 4.96. The van der Waals surface area contributed by atoms with Gasteiger partial charge in [0.25, 0.3) is 0 Å². The van der Waals surface area contributed by atoms with Crippen LogP contribution in [0, 0.1) is 0 Å². The van der Waals surface area contributed by atoms with Crippen molar-refractivity contribution >= 4 is 46.8 Å². The molecule has 4 heterocycles. The van der Waals surface area contributed by atoms with Crippen LogP contribution in [0.15, 0.2) is 70.1 Å². The number of hydrogen-bond donors (Lipinski definition) is 3. The minimum Gasteiger partial charge on any atom is -0.331 e. The largest absolute Gasteiger partial charge is 0.331 e. The van der Waals surface area contributed by atoms with Gasteiger partial charge in [0.05, 0.1) is 23.1 Å². The molecular formula is C19H16ClN7S2. The molecule has 0 fully saturated rings. The maximum atomic E-state index is 6.02. The SMILES string of the molecule is CC1C=C(Nc2nc(Sc3ccc(Cl)cc3)cn3c(-c4cn[nH]c4)cnc23)SN1. The molecule has 7 nitrogen and oxygen atoms in total. The van der Waals surface area contributed by atoms with E-state index >= 15 is 0 Å². The predicted molar refractivity (Wildman–Crippen MR) is 118 cm³/mol. The van der Waals surface area contributed by atoms with E-state index < -0.39 is 0 Å². The van der Waals surface area contributed by atoms with Crippen molar-refractivity contribution < 1.29 is 0 Å². The third-order valence-electron chi connectivity index (χ3n) is 4.30. The molecule has 0 saturated carbocycles. The normalized spacial score (nSPS) is 16.3. The fourth-order valence-corrected chi connectivity index (χ4v) is 4.70. The van der Waals surface area contributed by atoms with E-state index in [1.807, 2.05) is 47.3 Å².